The van der Waals surface area contributed by atoms with Crippen LogP contribution in [0.1, 0.15) is 31.2 Å². The first-order valence-corrected chi connectivity index (χ1v) is 9.36. The number of amides is 2. The molecule has 1 saturated carbocycles. The highest BCUT2D eigenvalue weighted by Crippen LogP contribution is 2.42. The summed E-state index contributed by atoms with van der Waals surface area (Å²) in [6, 6.07) is 16.1. The van der Waals surface area contributed by atoms with Gasteiger partial charge >= 0.3 is 5.97 Å². The number of hydrogen-bond donors (Lipinski definition) is 0. The van der Waals surface area contributed by atoms with E-state index >= 15 is 0 Å². The van der Waals surface area contributed by atoms with E-state index in [1.165, 1.54) is 4.90 Å². The quantitative estimate of drug-likeness (QED) is 0.474. The van der Waals surface area contributed by atoms with E-state index in [0.717, 1.165) is 31.2 Å². The third kappa shape index (κ3) is 3.37. The number of rotatable bonds is 4. The zero-order valence-electron chi connectivity index (χ0n) is 15.0. The molecule has 2 amide bonds. The average molecular weight is 363 g/mol. The molecule has 0 aromatic heterocycles. The third-order valence-electron chi connectivity index (χ3n) is 5.36. The lowest BCUT2D eigenvalue weighted by Gasteiger charge is -2.19. The van der Waals surface area contributed by atoms with Gasteiger partial charge in [-0.15, -0.1) is 0 Å². The maximum absolute atomic E-state index is 12.8. The van der Waals surface area contributed by atoms with Crippen LogP contribution in [-0.4, -0.2) is 17.8 Å². The Balaban J connectivity index is 1.57. The van der Waals surface area contributed by atoms with Crippen LogP contribution in [0.15, 0.2) is 54.6 Å². The Bertz CT molecular complexity index is 853. The SMILES string of the molecule is O=C(Cc1ccccc1)Oc1ccccc1N1C(=O)[C@@H]2CCCC[C@H]2C1=O. The molecule has 1 saturated heterocycles. The highest BCUT2D eigenvalue weighted by Gasteiger charge is 2.49. The number of anilines is 1. The third-order valence-corrected chi connectivity index (χ3v) is 5.36. The fourth-order valence-electron chi connectivity index (χ4n) is 4.05. The minimum atomic E-state index is -0.426. The zero-order chi connectivity index (χ0) is 18.8. The molecule has 2 fully saturated rings. The monoisotopic (exact) mass is 363 g/mol. The molecule has 0 radical (unpaired) electrons. The van der Waals surface area contributed by atoms with Gasteiger partial charge in [-0.2, -0.15) is 0 Å². The van der Waals surface area contributed by atoms with Gasteiger partial charge in [0.25, 0.3) is 0 Å². The van der Waals surface area contributed by atoms with Crippen LogP contribution in [0.3, 0.4) is 0 Å². The molecule has 5 nitrogen and oxygen atoms in total. The first kappa shape index (κ1) is 17.5. The second-order valence-electron chi connectivity index (χ2n) is 7.11. The summed E-state index contributed by atoms with van der Waals surface area (Å²) in [4.78, 5) is 39.3. The van der Waals surface area contributed by atoms with Crippen LogP contribution in [0.25, 0.3) is 0 Å². The summed E-state index contributed by atoms with van der Waals surface area (Å²) in [7, 11) is 0. The molecule has 1 aliphatic heterocycles. The number of fused-ring (bicyclic) bond motifs is 1. The van der Waals surface area contributed by atoms with Gasteiger partial charge < -0.3 is 4.74 Å². The van der Waals surface area contributed by atoms with Crippen LogP contribution >= 0.6 is 0 Å². The van der Waals surface area contributed by atoms with E-state index in [0.29, 0.717) is 5.69 Å². The summed E-state index contributed by atoms with van der Waals surface area (Å²) >= 11 is 0. The molecule has 0 bridgehead atoms. The molecule has 2 aromatic carbocycles. The molecule has 2 aliphatic rings. The van der Waals surface area contributed by atoms with E-state index in [2.05, 4.69) is 0 Å². The Morgan fingerprint density at radius 2 is 1.48 bits per heavy atom. The second kappa shape index (κ2) is 7.35. The predicted octanol–water partition coefficient (Wildman–Crippen LogP) is 3.51. The second-order valence-corrected chi connectivity index (χ2v) is 7.11. The van der Waals surface area contributed by atoms with Gasteiger partial charge in [-0.05, 0) is 30.5 Å². The molecule has 27 heavy (non-hydrogen) atoms. The van der Waals surface area contributed by atoms with Crippen molar-refractivity contribution < 1.29 is 19.1 Å². The number of para-hydroxylation sites is 2. The molecule has 0 unspecified atom stereocenters. The minimum absolute atomic E-state index is 0.127. The average Bonchev–Trinajstić information content (AvgIpc) is 2.94. The molecule has 138 valence electrons. The van der Waals surface area contributed by atoms with Gasteiger partial charge in [0, 0.05) is 0 Å². The first-order valence-electron chi connectivity index (χ1n) is 9.36. The smallest absolute Gasteiger partial charge is 0.315 e. The topological polar surface area (TPSA) is 63.7 Å². The Morgan fingerprint density at radius 1 is 0.889 bits per heavy atom. The number of nitrogens with zero attached hydrogens (tertiary/aromatic N) is 1. The number of carbonyl (C=O) groups is 3. The molecular formula is C22H21NO4. The molecule has 5 heteroatoms. The van der Waals surface area contributed by atoms with Gasteiger partial charge in [-0.25, -0.2) is 4.90 Å². The first-order chi connectivity index (χ1) is 13.1. The van der Waals surface area contributed by atoms with Gasteiger partial charge in [0.1, 0.15) is 0 Å². The maximum atomic E-state index is 12.8. The molecule has 0 spiro atoms. The zero-order valence-corrected chi connectivity index (χ0v) is 15.0. The summed E-state index contributed by atoms with van der Waals surface area (Å²) in [6.07, 6.45) is 3.58. The lowest BCUT2D eigenvalue weighted by atomic mass is 9.81. The molecule has 2 aromatic rings. The Hall–Kier alpha value is -2.95. The Labute approximate surface area is 157 Å². The normalized spacial score (nSPS) is 21.9. The van der Waals surface area contributed by atoms with Crippen molar-refractivity contribution in [3.05, 3.63) is 60.2 Å². The van der Waals surface area contributed by atoms with Crippen molar-refractivity contribution in [2.75, 3.05) is 4.90 Å². The van der Waals surface area contributed by atoms with Gasteiger partial charge in [0.05, 0.1) is 23.9 Å². The molecule has 2 atom stereocenters. The molecular weight excluding hydrogens is 342 g/mol. The molecule has 1 aliphatic carbocycles. The van der Waals surface area contributed by atoms with Crippen LogP contribution in [0.5, 0.6) is 5.75 Å². The van der Waals surface area contributed by atoms with Crippen LogP contribution in [0.2, 0.25) is 0 Å². The van der Waals surface area contributed by atoms with Crippen molar-refractivity contribution in [2.24, 2.45) is 11.8 Å². The van der Waals surface area contributed by atoms with Crippen LogP contribution in [0, 0.1) is 11.8 Å². The van der Waals surface area contributed by atoms with Gasteiger partial charge in [-0.1, -0.05) is 55.3 Å². The van der Waals surface area contributed by atoms with Crippen molar-refractivity contribution in [1.29, 1.82) is 0 Å². The summed E-state index contributed by atoms with van der Waals surface area (Å²) < 4.78 is 5.53. The molecule has 4 rings (SSSR count). The fourth-order valence-corrected chi connectivity index (χ4v) is 4.05. The van der Waals surface area contributed by atoms with Gasteiger partial charge in [0.15, 0.2) is 5.75 Å². The van der Waals surface area contributed by atoms with E-state index in [9.17, 15) is 14.4 Å². The van der Waals surface area contributed by atoms with Gasteiger partial charge in [0.2, 0.25) is 11.8 Å². The highest BCUT2D eigenvalue weighted by molar-refractivity contribution is 6.22. The number of benzene rings is 2. The molecule has 0 N–H and O–H groups in total. The van der Waals surface area contributed by atoms with E-state index in [-0.39, 0.29) is 35.8 Å². The summed E-state index contributed by atoms with van der Waals surface area (Å²) in [5, 5.41) is 0. The standard InChI is InChI=1S/C22H21NO4/c24-20(14-15-8-2-1-3-9-15)27-19-13-7-6-12-18(19)23-21(25)16-10-4-5-11-17(16)22(23)26/h1-3,6-9,12-13,16-17H,4-5,10-11,14H2/t16-,17-/m1/s1. The van der Waals surface area contributed by atoms with Crippen LogP contribution < -0.4 is 9.64 Å². The van der Waals surface area contributed by atoms with Crippen molar-refractivity contribution in [3.8, 4) is 5.75 Å². The maximum Gasteiger partial charge on any atom is 0.315 e. The number of esters is 1. The lowest BCUT2D eigenvalue weighted by Crippen LogP contribution is -2.31. The van der Waals surface area contributed by atoms with Crippen molar-refractivity contribution in [1.82, 2.24) is 0 Å². The summed E-state index contributed by atoms with van der Waals surface area (Å²) in [5.41, 5.74) is 1.21. The van der Waals surface area contributed by atoms with E-state index in [1.807, 2.05) is 30.3 Å². The largest absolute Gasteiger partial charge is 0.424 e. The minimum Gasteiger partial charge on any atom is -0.424 e. The number of carbonyl (C=O) groups excluding carboxylic acids is 3. The van der Waals surface area contributed by atoms with Crippen molar-refractivity contribution >= 4 is 23.5 Å². The summed E-state index contributed by atoms with van der Waals surface area (Å²) in [5.74, 6) is -0.991. The van der Waals surface area contributed by atoms with E-state index in [1.54, 1.807) is 24.3 Å². The van der Waals surface area contributed by atoms with Crippen molar-refractivity contribution in [2.45, 2.75) is 32.1 Å². The molecule has 1 heterocycles. The number of ether oxygens (including phenoxy) is 1. The predicted molar refractivity (Wildman–Crippen MR) is 100 cm³/mol. The van der Waals surface area contributed by atoms with E-state index < -0.39 is 5.97 Å². The van der Waals surface area contributed by atoms with Crippen molar-refractivity contribution in [3.63, 3.8) is 0 Å². The Morgan fingerprint density at radius 3 is 2.15 bits per heavy atom. The Kier molecular flexibility index (Phi) is 4.75. The summed E-state index contributed by atoms with van der Waals surface area (Å²) in [6.45, 7) is 0. The van der Waals surface area contributed by atoms with Crippen LogP contribution in [0.4, 0.5) is 5.69 Å². The highest BCUT2D eigenvalue weighted by atomic mass is 16.5. The number of imide groups is 1. The number of hydrogen-bond acceptors (Lipinski definition) is 4. The van der Waals surface area contributed by atoms with Gasteiger partial charge in [-0.3, -0.25) is 14.4 Å². The van der Waals surface area contributed by atoms with E-state index in [4.69, 9.17) is 4.74 Å². The fraction of sp³-hybridized carbons (Fsp3) is 0.318. The lowest BCUT2D eigenvalue weighted by molar-refractivity contribution is -0.133. The van der Waals surface area contributed by atoms with Crippen LogP contribution in [-0.2, 0) is 20.8 Å².